The van der Waals surface area contributed by atoms with Crippen molar-refractivity contribution in [3.63, 3.8) is 0 Å². The molecule has 1 amide bonds. The van der Waals surface area contributed by atoms with Crippen molar-refractivity contribution in [3.8, 4) is 0 Å². The van der Waals surface area contributed by atoms with Crippen LogP contribution in [0.4, 0.5) is 0 Å². The first-order valence-corrected chi connectivity index (χ1v) is 8.24. The quantitative estimate of drug-likeness (QED) is 0.811. The summed E-state index contributed by atoms with van der Waals surface area (Å²) < 4.78 is 0. The van der Waals surface area contributed by atoms with E-state index in [0.717, 1.165) is 25.9 Å². The van der Waals surface area contributed by atoms with Crippen molar-refractivity contribution in [3.05, 3.63) is 0 Å². The molecule has 3 nitrogen and oxygen atoms in total. The van der Waals surface area contributed by atoms with E-state index in [1.165, 1.54) is 51.4 Å². The normalized spacial score (nSPS) is 25.1. The highest BCUT2D eigenvalue weighted by Gasteiger charge is 2.23. The maximum absolute atomic E-state index is 12.4. The number of amides is 1. The third kappa shape index (κ3) is 5.61. The average Bonchev–Trinajstić information content (AvgIpc) is 2.82. The van der Waals surface area contributed by atoms with Gasteiger partial charge in [0.05, 0.1) is 0 Å². The highest BCUT2D eigenvalue weighted by atomic mass is 35.5. The highest BCUT2D eigenvalue weighted by Crippen LogP contribution is 2.26. The Morgan fingerprint density at radius 1 is 1.00 bits per heavy atom. The molecule has 1 saturated heterocycles. The fourth-order valence-electron chi connectivity index (χ4n) is 3.55. The molecule has 2 fully saturated rings. The molecule has 1 saturated carbocycles. The van der Waals surface area contributed by atoms with E-state index in [9.17, 15) is 4.79 Å². The van der Waals surface area contributed by atoms with Gasteiger partial charge in [0.25, 0.3) is 0 Å². The van der Waals surface area contributed by atoms with Gasteiger partial charge in [0, 0.05) is 19.5 Å². The van der Waals surface area contributed by atoms with Crippen LogP contribution in [0.15, 0.2) is 0 Å². The number of nitrogens with one attached hydrogen (secondary N) is 1. The smallest absolute Gasteiger partial charge is 0.222 e. The largest absolute Gasteiger partial charge is 0.343 e. The minimum absolute atomic E-state index is 0. The van der Waals surface area contributed by atoms with Crippen LogP contribution in [0.25, 0.3) is 0 Å². The molecule has 0 aromatic heterocycles. The minimum atomic E-state index is 0. The molecular weight excluding hydrogens is 272 g/mol. The molecule has 4 heteroatoms. The van der Waals surface area contributed by atoms with Crippen molar-refractivity contribution in [1.82, 2.24) is 10.2 Å². The molecule has 1 aliphatic carbocycles. The summed E-state index contributed by atoms with van der Waals surface area (Å²) in [6, 6.07) is 0.466. The second kappa shape index (κ2) is 9.62. The maximum atomic E-state index is 12.4. The van der Waals surface area contributed by atoms with Crippen molar-refractivity contribution in [2.24, 2.45) is 5.92 Å². The fourth-order valence-corrected chi connectivity index (χ4v) is 3.55. The van der Waals surface area contributed by atoms with Crippen LogP contribution in [0.1, 0.15) is 64.2 Å². The zero-order chi connectivity index (χ0) is 13.5. The molecule has 2 rings (SSSR count). The fraction of sp³-hybridized carbons (Fsp3) is 0.938. The van der Waals surface area contributed by atoms with Gasteiger partial charge in [-0.25, -0.2) is 0 Å². The topological polar surface area (TPSA) is 32.3 Å². The first-order valence-electron chi connectivity index (χ1n) is 8.24. The maximum Gasteiger partial charge on any atom is 0.222 e. The van der Waals surface area contributed by atoms with Crippen LogP contribution in [0.3, 0.4) is 0 Å². The Morgan fingerprint density at radius 2 is 1.70 bits per heavy atom. The predicted octanol–water partition coefficient (Wildman–Crippen LogP) is 3.37. The highest BCUT2D eigenvalue weighted by molar-refractivity contribution is 5.85. The Bertz CT molecular complexity index is 270. The summed E-state index contributed by atoms with van der Waals surface area (Å²) in [5, 5.41) is 3.42. The molecule has 0 aromatic rings. The number of carbonyl (C=O) groups excluding carboxylic acids is 1. The summed E-state index contributed by atoms with van der Waals surface area (Å²) in [7, 11) is 2.02. The third-order valence-electron chi connectivity index (χ3n) is 4.92. The SMILES string of the molecule is CN(C(=O)CC1CCCCCC1)C1CCCNCC1.Cl. The van der Waals surface area contributed by atoms with Crippen molar-refractivity contribution < 1.29 is 4.79 Å². The molecule has 0 radical (unpaired) electrons. The number of rotatable bonds is 3. The van der Waals surface area contributed by atoms with E-state index in [1.54, 1.807) is 0 Å². The van der Waals surface area contributed by atoms with Gasteiger partial charge in [-0.3, -0.25) is 4.79 Å². The Morgan fingerprint density at radius 3 is 2.40 bits per heavy atom. The molecule has 118 valence electrons. The lowest BCUT2D eigenvalue weighted by Gasteiger charge is -2.28. The van der Waals surface area contributed by atoms with Gasteiger partial charge >= 0.3 is 0 Å². The van der Waals surface area contributed by atoms with E-state index in [2.05, 4.69) is 10.2 Å². The third-order valence-corrected chi connectivity index (χ3v) is 4.92. The summed E-state index contributed by atoms with van der Waals surface area (Å²) >= 11 is 0. The standard InChI is InChI=1S/C16H30N2O.ClH/c1-18(15-9-6-11-17-12-10-15)16(19)13-14-7-4-2-3-5-8-14;/h14-15,17H,2-13H2,1H3;1H. The van der Waals surface area contributed by atoms with Gasteiger partial charge in [-0.15, -0.1) is 12.4 Å². The minimum Gasteiger partial charge on any atom is -0.343 e. The summed E-state index contributed by atoms with van der Waals surface area (Å²) in [6.45, 7) is 2.17. The van der Waals surface area contributed by atoms with Crippen molar-refractivity contribution in [2.75, 3.05) is 20.1 Å². The van der Waals surface area contributed by atoms with E-state index >= 15 is 0 Å². The number of hydrogen-bond donors (Lipinski definition) is 1. The Labute approximate surface area is 130 Å². The van der Waals surface area contributed by atoms with Gasteiger partial charge in [-0.2, -0.15) is 0 Å². The van der Waals surface area contributed by atoms with Crippen LogP contribution in [-0.4, -0.2) is 37.0 Å². The Balaban J connectivity index is 0.00000200. The molecule has 1 atom stereocenters. The van der Waals surface area contributed by atoms with E-state index in [1.807, 2.05) is 7.05 Å². The molecule has 1 N–H and O–H groups in total. The molecule has 20 heavy (non-hydrogen) atoms. The van der Waals surface area contributed by atoms with Gasteiger partial charge in [0.1, 0.15) is 0 Å². The molecule has 0 aromatic carbocycles. The summed E-state index contributed by atoms with van der Waals surface area (Å²) in [5.41, 5.74) is 0. The van der Waals surface area contributed by atoms with Crippen LogP contribution in [0.2, 0.25) is 0 Å². The molecule has 2 aliphatic rings. The lowest BCUT2D eigenvalue weighted by atomic mass is 9.95. The van der Waals surface area contributed by atoms with Gasteiger partial charge in [0.15, 0.2) is 0 Å². The molecule has 1 unspecified atom stereocenters. The van der Waals surface area contributed by atoms with Crippen LogP contribution in [-0.2, 0) is 4.79 Å². The van der Waals surface area contributed by atoms with Crippen molar-refractivity contribution in [2.45, 2.75) is 70.3 Å². The number of nitrogens with zero attached hydrogens (tertiary/aromatic N) is 1. The second-order valence-corrected chi connectivity index (χ2v) is 6.40. The van der Waals surface area contributed by atoms with E-state index in [4.69, 9.17) is 0 Å². The van der Waals surface area contributed by atoms with Gasteiger partial charge in [0.2, 0.25) is 5.91 Å². The molecule has 1 heterocycles. The van der Waals surface area contributed by atoms with E-state index < -0.39 is 0 Å². The van der Waals surface area contributed by atoms with Gasteiger partial charge in [-0.1, -0.05) is 25.7 Å². The lowest BCUT2D eigenvalue weighted by molar-refractivity contribution is -0.133. The summed E-state index contributed by atoms with van der Waals surface area (Å²) in [4.78, 5) is 14.5. The molecule has 1 aliphatic heterocycles. The van der Waals surface area contributed by atoms with Gasteiger partial charge in [-0.05, 0) is 51.1 Å². The van der Waals surface area contributed by atoms with E-state index in [-0.39, 0.29) is 12.4 Å². The van der Waals surface area contributed by atoms with Gasteiger partial charge < -0.3 is 10.2 Å². The number of hydrogen-bond acceptors (Lipinski definition) is 2. The molecule has 0 spiro atoms. The zero-order valence-corrected chi connectivity index (χ0v) is 13.7. The molecule has 0 bridgehead atoms. The van der Waals surface area contributed by atoms with Crippen molar-refractivity contribution in [1.29, 1.82) is 0 Å². The second-order valence-electron chi connectivity index (χ2n) is 6.40. The lowest BCUT2D eigenvalue weighted by Crippen LogP contribution is -2.38. The monoisotopic (exact) mass is 302 g/mol. The first kappa shape index (κ1) is 17.8. The zero-order valence-electron chi connectivity index (χ0n) is 12.9. The Hall–Kier alpha value is -0.280. The summed E-state index contributed by atoms with van der Waals surface area (Å²) in [5.74, 6) is 1.04. The van der Waals surface area contributed by atoms with E-state index in [0.29, 0.717) is 17.9 Å². The first-order chi connectivity index (χ1) is 9.27. The predicted molar refractivity (Wildman–Crippen MR) is 86.3 cm³/mol. The van der Waals surface area contributed by atoms with Crippen molar-refractivity contribution >= 4 is 18.3 Å². The summed E-state index contributed by atoms with van der Waals surface area (Å²) in [6.07, 6.45) is 12.2. The van der Waals surface area contributed by atoms with Crippen LogP contribution >= 0.6 is 12.4 Å². The average molecular weight is 303 g/mol. The van der Waals surface area contributed by atoms with Crippen LogP contribution in [0.5, 0.6) is 0 Å². The Kier molecular flexibility index (Phi) is 8.55. The number of halogens is 1. The van der Waals surface area contributed by atoms with Crippen LogP contribution < -0.4 is 5.32 Å². The molecular formula is C16H31ClN2O. The van der Waals surface area contributed by atoms with Crippen LogP contribution in [0, 0.1) is 5.92 Å². The number of carbonyl (C=O) groups is 1.